The molecule has 0 aliphatic rings. The number of carbonyl (C=O) groups is 7. The second-order valence-electron chi connectivity index (χ2n) is 9.39. The lowest BCUT2D eigenvalue weighted by atomic mass is 9.98. The summed E-state index contributed by atoms with van der Waals surface area (Å²) in [5, 5.41) is 47.1. The minimum absolute atomic E-state index is 0.293. The van der Waals surface area contributed by atoms with Gasteiger partial charge in [0.25, 0.3) is 0 Å². The molecule has 0 aliphatic heterocycles. The lowest BCUT2D eigenvalue weighted by Gasteiger charge is -2.32. The molecular formula is C23H39N5O12. The fourth-order valence-electron chi connectivity index (χ4n) is 3.31. The van der Waals surface area contributed by atoms with Crippen LogP contribution in [0.25, 0.3) is 0 Å². The topological polar surface area (TPSA) is 284 Å². The van der Waals surface area contributed by atoms with Gasteiger partial charge in [-0.1, -0.05) is 13.8 Å². The van der Waals surface area contributed by atoms with Crippen LogP contribution in [-0.4, -0.2) is 111 Å². The summed E-state index contributed by atoms with van der Waals surface area (Å²) >= 11 is 0. The standard InChI is InChI=1S/C23H39N5O12/c1-9(2)16(21(36)27-13(20(24)35)6-7-15(33)25-10(3)22(37)38)28-23(39)40-19(18(34)14(32)8-29)17(11(4)30)26-12(5)31/h9-10,13-14,16-19,29,32,34H,6-8H2,1-5H3,(H2,24,35)(H,25,33)(H,26,31)(H,27,36)(H,28,39)(H,37,38)/t10?,13?,14-,16?,17+,18-,19-/m1/s1. The van der Waals surface area contributed by atoms with E-state index in [0.29, 0.717) is 0 Å². The highest BCUT2D eigenvalue weighted by molar-refractivity contribution is 5.92. The third-order valence-corrected chi connectivity index (χ3v) is 5.58. The van der Waals surface area contributed by atoms with Gasteiger partial charge in [0.15, 0.2) is 11.9 Å². The molecule has 0 aromatic rings. The molecule has 0 heterocycles. The third kappa shape index (κ3) is 12.4. The van der Waals surface area contributed by atoms with E-state index >= 15 is 0 Å². The Hall–Kier alpha value is -3.83. The maximum absolute atomic E-state index is 12.9. The van der Waals surface area contributed by atoms with E-state index in [-0.39, 0.29) is 12.8 Å². The SMILES string of the molecule is CC(=O)N[C@@H](C(C)=O)[C@@H](OC(=O)NC(C(=O)NC(CCC(=O)NC(C)C(=O)O)C(N)=O)C(C)C)[C@H](O)[C@H](O)CO. The lowest BCUT2D eigenvalue weighted by molar-refractivity contribution is -0.141. The Morgan fingerprint density at radius 1 is 0.875 bits per heavy atom. The normalized spacial score (nSPS) is 16.2. The minimum Gasteiger partial charge on any atom is -0.480 e. The molecule has 0 rings (SSSR count). The highest BCUT2D eigenvalue weighted by atomic mass is 16.6. The first kappa shape index (κ1) is 36.2. The van der Waals surface area contributed by atoms with E-state index in [2.05, 4.69) is 21.3 Å². The highest BCUT2D eigenvalue weighted by Gasteiger charge is 2.40. The summed E-state index contributed by atoms with van der Waals surface area (Å²) in [5.74, 6) is -6.06. The number of nitrogens with one attached hydrogen (secondary N) is 4. The smallest absolute Gasteiger partial charge is 0.408 e. The third-order valence-electron chi connectivity index (χ3n) is 5.58. The fraction of sp³-hybridized carbons (Fsp3) is 0.696. The van der Waals surface area contributed by atoms with Crippen LogP contribution in [0.4, 0.5) is 4.79 Å². The summed E-state index contributed by atoms with van der Waals surface area (Å²) in [7, 11) is 0. The molecule has 0 bridgehead atoms. The Kier molecular flexibility index (Phi) is 15.4. The number of aliphatic hydroxyl groups excluding tert-OH is 3. The average molecular weight is 578 g/mol. The Bertz CT molecular complexity index is 943. The summed E-state index contributed by atoms with van der Waals surface area (Å²) in [6.07, 6.45) is -7.81. The number of amides is 5. The van der Waals surface area contributed by atoms with Crippen LogP contribution in [0.15, 0.2) is 0 Å². The number of carbonyl (C=O) groups excluding carboxylic acids is 6. The molecule has 228 valence electrons. The van der Waals surface area contributed by atoms with Gasteiger partial charge in [-0.3, -0.25) is 28.8 Å². The number of aliphatic carboxylic acids is 1. The summed E-state index contributed by atoms with van der Waals surface area (Å²) < 4.78 is 5.10. The van der Waals surface area contributed by atoms with Crippen molar-refractivity contribution in [2.24, 2.45) is 11.7 Å². The number of ether oxygens (including phenoxy) is 1. The van der Waals surface area contributed by atoms with E-state index in [4.69, 9.17) is 15.6 Å². The number of carboxylic acid groups (broad SMARTS) is 1. The second-order valence-corrected chi connectivity index (χ2v) is 9.39. The van der Waals surface area contributed by atoms with Gasteiger partial charge in [0.05, 0.1) is 6.61 Å². The Morgan fingerprint density at radius 2 is 1.45 bits per heavy atom. The summed E-state index contributed by atoms with van der Waals surface area (Å²) in [5.41, 5.74) is 5.31. The van der Waals surface area contributed by atoms with Gasteiger partial charge in [-0.05, 0) is 26.2 Å². The molecule has 0 radical (unpaired) electrons. The molecule has 0 saturated heterocycles. The Morgan fingerprint density at radius 3 is 1.88 bits per heavy atom. The zero-order chi connectivity index (χ0) is 31.3. The van der Waals surface area contributed by atoms with Crippen LogP contribution < -0.4 is 27.0 Å². The number of aliphatic hydroxyl groups is 3. The van der Waals surface area contributed by atoms with Gasteiger partial charge in [0.1, 0.15) is 36.4 Å². The molecule has 0 aromatic carbocycles. The fourth-order valence-corrected chi connectivity index (χ4v) is 3.31. The number of Topliss-reactive ketones (excluding diaryl/α,β-unsaturated/α-hetero) is 1. The van der Waals surface area contributed by atoms with Crippen molar-refractivity contribution in [3.8, 4) is 0 Å². The molecule has 0 aliphatic carbocycles. The Balaban J connectivity index is 5.65. The van der Waals surface area contributed by atoms with Gasteiger partial charge in [0.2, 0.25) is 23.6 Å². The van der Waals surface area contributed by atoms with Gasteiger partial charge in [-0.15, -0.1) is 0 Å². The maximum atomic E-state index is 12.9. The van der Waals surface area contributed by atoms with E-state index in [0.717, 1.165) is 13.8 Å². The van der Waals surface area contributed by atoms with Gasteiger partial charge in [-0.25, -0.2) is 4.79 Å². The van der Waals surface area contributed by atoms with E-state index < -0.39 is 96.5 Å². The lowest BCUT2D eigenvalue weighted by Crippen LogP contribution is -2.59. The highest BCUT2D eigenvalue weighted by Crippen LogP contribution is 2.13. The van der Waals surface area contributed by atoms with E-state index in [9.17, 15) is 48.9 Å². The first-order valence-corrected chi connectivity index (χ1v) is 12.3. The van der Waals surface area contributed by atoms with Crippen molar-refractivity contribution >= 4 is 41.5 Å². The second kappa shape index (κ2) is 17.0. The Labute approximate surface area is 230 Å². The van der Waals surface area contributed by atoms with Crippen molar-refractivity contribution in [2.75, 3.05) is 6.61 Å². The molecule has 7 atom stereocenters. The van der Waals surface area contributed by atoms with Crippen molar-refractivity contribution in [3.63, 3.8) is 0 Å². The van der Waals surface area contributed by atoms with Crippen molar-refractivity contribution < 1.29 is 58.7 Å². The number of nitrogens with two attached hydrogens (primary N) is 1. The molecule has 10 N–H and O–H groups in total. The number of ketones is 1. The molecule has 0 spiro atoms. The molecular weight excluding hydrogens is 538 g/mol. The van der Waals surface area contributed by atoms with Crippen LogP contribution in [0.3, 0.4) is 0 Å². The van der Waals surface area contributed by atoms with E-state index in [1.165, 1.54) is 20.8 Å². The van der Waals surface area contributed by atoms with Crippen LogP contribution in [0.1, 0.15) is 47.5 Å². The summed E-state index contributed by atoms with van der Waals surface area (Å²) in [6.45, 7) is 5.35. The summed E-state index contributed by atoms with van der Waals surface area (Å²) in [6, 6.07) is -5.58. The zero-order valence-corrected chi connectivity index (χ0v) is 22.9. The monoisotopic (exact) mass is 577 g/mol. The van der Waals surface area contributed by atoms with E-state index in [1.807, 2.05) is 0 Å². The van der Waals surface area contributed by atoms with Crippen molar-refractivity contribution in [3.05, 3.63) is 0 Å². The molecule has 17 nitrogen and oxygen atoms in total. The van der Waals surface area contributed by atoms with Crippen LogP contribution in [0.5, 0.6) is 0 Å². The van der Waals surface area contributed by atoms with Gasteiger partial charge in [-0.2, -0.15) is 0 Å². The van der Waals surface area contributed by atoms with Gasteiger partial charge < -0.3 is 52.2 Å². The first-order chi connectivity index (χ1) is 18.4. The minimum atomic E-state index is -2.03. The summed E-state index contributed by atoms with van der Waals surface area (Å²) in [4.78, 5) is 83.9. The van der Waals surface area contributed by atoms with Crippen LogP contribution in [-0.2, 0) is 33.5 Å². The van der Waals surface area contributed by atoms with E-state index in [1.54, 1.807) is 0 Å². The van der Waals surface area contributed by atoms with Crippen LogP contribution in [0.2, 0.25) is 0 Å². The largest absolute Gasteiger partial charge is 0.480 e. The molecule has 17 heteroatoms. The molecule has 5 amide bonds. The first-order valence-electron chi connectivity index (χ1n) is 12.3. The van der Waals surface area contributed by atoms with Crippen molar-refractivity contribution in [1.82, 2.24) is 21.3 Å². The predicted molar refractivity (Wildman–Crippen MR) is 135 cm³/mol. The van der Waals surface area contributed by atoms with Crippen LogP contribution in [0, 0.1) is 5.92 Å². The van der Waals surface area contributed by atoms with Crippen molar-refractivity contribution in [1.29, 1.82) is 0 Å². The zero-order valence-electron chi connectivity index (χ0n) is 22.9. The molecule has 3 unspecified atom stereocenters. The van der Waals surface area contributed by atoms with Gasteiger partial charge >= 0.3 is 12.1 Å². The number of alkyl carbamates (subject to hydrolysis) is 1. The molecule has 0 aromatic heterocycles. The van der Waals surface area contributed by atoms with Crippen molar-refractivity contribution in [2.45, 2.75) is 89.9 Å². The molecule has 0 saturated carbocycles. The molecule has 40 heavy (non-hydrogen) atoms. The number of carboxylic acids is 1. The van der Waals surface area contributed by atoms with Crippen LogP contribution >= 0.6 is 0 Å². The number of hydrogen-bond donors (Lipinski definition) is 9. The maximum Gasteiger partial charge on any atom is 0.408 e. The quantitative estimate of drug-likeness (QED) is 0.0806. The number of primary amides is 1. The number of hydrogen-bond acceptors (Lipinski definition) is 11. The molecule has 0 fully saturated rings. The number of rotatable bonds is 17. The predicted octanol–water partition coefficient (Wildman–Crippen LogP) is -3.75. The van der Waals surface area contributed by atoms with Gasteiger partial charge in [0, 0.05) is 13.3 Å². The average Bonchev–Trinajstić information content (AvgIpc) is 2.85.